The summed E-state index contributed by atoms with van der Waals surface area (Å²) in [5.74, 6) is 1.38. The topological polar surface area (TPSA) is 58.4 Å². The summed E-state index contributed by atoms with van der Waals surface area (Å²) in [6, 6.07) is -0.00466. The minimum Gasteiger partial charge on any atom is -0.355 e. The molecule has 1 rings (SSSR count). The highest BCUT2D eigenvalue weighted by molar-refractivity contribution is 5.81. The van der Waals surface area contributed by atoms with E-state index in [1.807, 2.05) is 6.92 Å². The van der Waals surface area contributed by atoms with Crippen LogP contribution < -0.4 is 11.1 Å². The quantitative estimate of drug-likeness (QED) is 0.692. The molecule has 0 bridgehead atoms. The molecule has 0 saturated carbocycles. The Morgan fingerprint density at radius 3 is 2.56 bits per heavy atom. The summed E-state index contributed by atoms with van der Waals surface area (Å²) < 4.78 is 0. The van der Waals surface area contributed by atoms with Crippen molar-refractivity contribution in [2.75, 3.05) is 26.2 Å². The van der Waals surface area contributed by atoms with Crippen LogP contribution in [-0.2, 0) is 4.79 Å². The van der Waals surface area contributed by atoms with Gasteiger partial charge in [0.2, 0.25) is 5.91 Å². The predicted octanol–water partition coefficient (Wildman–Crippen LogP) is 0.428. The molecule has 0 aromatic heterocycles. The molecule has 1 heterocycles. The molecule has 1 fully saturated rings. The number of nitrogens with zero attached hydrogens (tertiary/aromatic N) is 1. The van der Waals surface area contributed by atoms with Crippen molar-refractivity contribution < 1.29 is 4.79 Å². The number of amides is 1. The summed E-state index contributed by atoms with van der Waals surface area (Å²) in [5.41, 5.74) is 5.56. The van der Waals surface area contributed by atoms with Crippen LogP contribution in [0.2, 0.25) is 0 Å². The van der Waals surface area contributed by atoms with Crippen molar-refractivity contribution >= 4 is 5.91 Å². The third-order valence-electron chi connectivity index (χ3n) is 3.27. The Morgan fingerprint density at radius 1 is 1.44 bits per heavy atom. The fraction of sp³-hybridized carbons (Fsp3) is 0.917. The Hall–Kier alpha value is -0.610. The molecular weight excluding hydrogens is 202 g/mol. The Balaban J connectivity index is 2.16. The van der Waals surface area contributed by atoms with Gasteiger partial charge in [-0.25, -0.2) is 0 Å². The first kappa shape index (κ1) is 13.5. The van der Waals surface area contributed by atoms with Gasteiger partial charge in [0.25, 0.3) is 0 Å². The van der Waals surface area contributed by atoms with Crippen LogP contribution in [0.5, 0.6) is 0 Å². The third-order valence-corrected chi connectivity index (χ3v) is 3.27. The summed E-state index contributed by atoms with van der Waals surface area (Å²) in [5, 5.41) is 2.98. The van der Waals surface area contributed by atoms with Crippen LogP contribution in [0.4, 0.5) is 0 Å². The van der Waals surface area contributed by atoms with E-state index in [4.69, 9.17) is 5.73 Å². The van der Waals surface area contributed by atoms with E-state index in [-0.39, 0.29) is 11.9 Å². The van der Waals surface area contributed by atoms with Crippen LogP contribution in [-0.4, -0.2) is 43.0 Å². The lowest BCUT2D eigenvalue weighted by Crippen LogP contribution is -2.57. The normalized spacial score (nSPS) is 19.6. The fourth-order valence-corrected chi connectivity index (χ4v) is 1.87. The number of rotatable bonds is 6. The Morgan fingerprint density at radius 2 is 2.06 bits per heavy atom. The van der Waals surface area contributed by atoms with E-state index in [2.05, 4.69) is 24.1 Å². The minimum atomic E-state index is -0.00466. The maximum Gasteiger partial charge on any atom is 0.237 e. The molecule has 1 saturated heterocycles. The monoisotopic (exact) mass is 227 g/mol. The number of nitrogens with one attached hydrogen (secondary N) is 1. The van der Waals surface area contributed by atoms with Gasteiger partial charge in [0.15, 0.2) is 0 Å². The summed E-state index contributed by atoms with van der Waals surface area (Å²) in [4.78, 5) is 14.0. The Bertz CT molecular complexity index is 224. The second-order valence-corrected chi connectivity index (χ2v) is 5.21. The highest BCUT2D eigenvalue weighted by Gasteiger charge is 2.32. The van der Waals surface area contributed by atoms with Gasteiger partial charge in [-0.2, -0.15) is 0 Å². The summed E-state index contributed by atoms with van der Waals surface area (Å²) in [6.45, 7) is 9.75. The van der Waals surface area contributed by atoms with Crippen LogP contribution in [0, 0.1) is 11.8 Å². The van der Waals surface area contributed by atoms with Gasteiger partial charge in [-0.15, -0.1) is 0 Å². The van der Waals surface area contributed by atoms with Crippen LogP contribution in [0.1, 0.15) is 27.2 Å². The van der Waals surface area contributed by atoms with E-state index in [1.54, 1.807) is 0 Å². The van der Waals surface area contributed by atoms with Gasteiger partial charge in [0, 0.05) is 19.6 Å². The van der Waals surface area contributed by atoms with E-state index in [9.17, 15) is 4.79 Å². The number of hydrogen-bond donors (Lipinski definition) is 2. The maximum atomic E-state index is 11.8. The van der Waals surface area contributed by atoms with Crippen molar-refractivity contribution in [2.45, 2.75) is 33.2 Å². The SMILES string of the molecule is CC(C)CCNC(=O)C(C)N1CC(CN)C1. The Kier molecular flexibility index (Phi) is 5.22. The molecule has 1 unspecified atom stereocenters. The first-order chi connectivity index (χ1) is 7.54. The molecular formula is C12H25N3O. The van der Waals surface area contributed by atoms with Crippen molar-refractivity contribution in [3.63, 3.8) is 0 Å². The van der Waals surface area contributed by atoms with Crippen LogP contribution in [0.15, 0.2) is 0 Å². The standard InChI is InChI=1S/C12H25N3O/c1-9(2)4-5-14-12(16)10(3)15-7-11(6-13)8-15/h9-11H,4-8,13H2,1-3H3,(H,14,16). The molecule has 1 atom stereocenters. The molecule has 0 spiro atoms. The molecule has 94 valence electrons. The zero-order chi connectivity index (χ0) is 12.1. The fourth-order valence-electron chi connectivity index (χ4n) is 1.87. The molecule has 0 aromatic carbocycles. The smallest absolute Gasteiger partial charge is 0.237 e. The molecule has 0 radical (unpaired) electrons. The number of carbonyl (C=O) groups excluding carboxylic acids is 1. The molecule has 1 aliphatic rings. The van der Waals surface area contributed by atoms with E-state index >= 15 is 0 Å². The van der Waals surface area contributed by atoms with E-state index in [0.717, 1.165) is 32.6 Å². The second kappa shape index (κ2) is 6.21. The number of nitrogens with two attached hydrogens (primary N) is 1. The molecule has 16 heavy (non-hydrogen) atoms. The molecule has 0 aromatic rings. The minimum absolute atomic E-state index is 0.00466. The highest BCUT2D eigenvalue weighted by atomic mass is 16.2. The van der Waals surface area contributed by atoms with Gasteiger partial charge in [0.05, 0.1) is 6.04 Å². The van der Waals surface area contributed by atoms with Crippen molar-refractivity contribution in [3.8, 4) is 0 Å². The van der Waals surface area contributed by atoms with Crippen LogP contribution in [0.3, 0.4) is 0 Å². The van der Waals surface area contributed by atoms with Crippen molar-refractivity contribution in [1.29, 1.82) is 0 Å². The average Bonchev–Trinajstić information content (AvgIpc) is 2.15. The Labute approximate surface area is 98.6 Å². The molecule has 4 nitrogen and oxygen atoms in total. The highest BCUT2D eigenvalue weighted by Crippen LogP contribution is 2.17. The van der Waals surface area contributed by atoms with Crippen molar-refractivity contribution in [3.05, 3.63) is 0 Å². The molecule has 1 aliphatic heterocycles. The van der Waals surface area contributed by atoms with Gasteiger partial charge >= 0.3 is 0 Å². The first-order valence-corrected chi connectivity index (χ1v) is 6.26. The summed E-state index contributed by atoms with van der Waals surface area (Å²) in [6.07, 6.45) is 1.05. The van der Waals surface area contributed by atoms with Crippen LogP contribution >= 0.6 is 0 Å². The van der Waals surface area contributed by atoms with Gasteiger partial charge < -0.3 is 11.1 Å². The van der Waals surface area contributed by atoms with Gasteiger partial charge in [-0.05, 0) is 31.7 Å². The van der Waals surface area contributed by atoms with Crippen molar-refractivity contribution in [1.82, 2.24) is 10.2 Å². The lowest BCUT2D eigenvalue weighted by molar-refractivity contribution is -0.128. The molecule has 3 N–H and O–H groups in total. The summed E-state index contributed by atoms with van der Waals surface area (Å²) in [7, 11) is 0. The van der Waals surface area contributed by atoms with Gasteiger partial charge in [0.1, 0.15) is 0 Å². The lowest BCUT2D eigenvalue weighted by atomic mass is 9.98. The average molecular weight is 227 g/mol. The van der Waals surface area contributed by atoms with Gasteiger partial charge in [-0.1, -0.05) is 13.8 Å². The second-order valence-electron chi connectivity index (χ2n) is 5.21. The molecule has 0 aliphatic carbocycles. The van der Waals surface area contributed by atoms with E-state index in [1.165, 1.54) is 0 Å². The third kappa shape index (κ3) is 3.76. The first-order valence-electron chi connectivity index (χ1n) is 6.26. The van der Waals surface area contributed by atoms with E-state index < -0.39 is 0 Å². The van der Waals surface area contributed by atoms with Crippen molar-refractivity contribution in [2.24, 2.45) is 17.6 Å². The zero-order valence-electron chi connectivity index (χ0n) is 10.7. The lowest BCUT2D eigenvalue weighted by Gasteiger charge is -2.41. The number of likely N-dealkylation sites (tertiary alicyclic amines) is 1. The molecule has 1 amide bonds. The largest absolute Gasteiger partial charge is 0.355 e. The number of carbonyl (C=O) groups is 1. The summed E-state index contributed by atoms with van der Waals surface area (Å²) >= 11 is 0. The molecule has 4 heteroatoms. The predicted molar refractivity (Wildman–Crippen MR) is 66.0 cm³/mol. The van der Waals surface area contributed by atoms with E-state index in [0.29, 0.717) is 11.8 Å². The zero-order valence-corrected chi connectivity index (χ0v) is 10.7. The maximum absolute atomic E-state index is 11.8. The number of hydrogen-bond acceptors (Lipinski definition) is 3. The van der Waals surface area contributed by atoms with Crippen LogP contribution in [0.25, 0.3) is 0 Å². The van der Waals surface area contributed by atoms with Gasteiger partial charge in [-0.3, -0.25) is 9.69 Å².